The van der Waals surface area contributed by atoms with Crippen molar-refractivity contribution in [2.45, 2.75) is 32.7 Å². The van der Waals surface area contributed by atoms with Gasteiger partial charge in [-0.1, -0.05) is 5.16 Å². The number of carbonyl (C=O) groups excluding carboxylic acids is 1. The summed E-state index contributed by atoms with van der Waals surface area (Å²) in [6.07, 6.45) is 5.26. The summed E-state index contributed by atoms with van der Waals surface area (Å²) in [5.74, 6) is 1.87. The number of carbonyl (C=O) groups is 1. The molecular formula is C18H21N5O3. The van der Waals surface area contributed by atoms with E-state index < -0.39 is 0 Å². The molecule has 0 spiro atoms. The van der Waals surface area contributed by atoms with Crippen molar-refractivity contribution in [3.63, 3.8) is 0 Å². The van der Waals surface area contributed by atoms with E-state index in [4.69, 9.17) is 9.26 Å². The molecule has 0 radical (unpaired) electrons. The molecule has 3 aromatic rings. The summed E-state index contributed by atoms with van der Waals surface area (Å²) in [7, 11) is 0. The summed E-state index contributed by atoms with van der Waals surface area (Å²) in [6.45, 7) is 5.01. The van der Waals surface area contributed by atoms with Gasteiger partial charge in [0, 0.05) is 19.4 Å². The summed E-state index contributed by atoms with van der Waals surface area (Å²) in [5, 5.41) is 6.96. The number of amides is 1. The van der Waals surface area contributed by atoms with Gasteiger partial charge in [0.15, 0.2) is 5.82 Å². The Labute approximate surface area is 150 Å². The molecule has 4 rings (SSSR count). The Balaban J connectivity index is 1.61. The molecule has 4 heterocycles. The number of hydrogen-bond donors (Lipinski definition) is 1. The van der Waals surface area contributed by atoms with Gasteiger partial charge < -0.3 is 19.0 Å². The zero-order valence-corrected chi connectivity index (χ0v) is 14.8. The molecule has 0 aromatic carbocycles. The zero-order chi connectivity index (χ0) is 18.1. The third-order valence-corrected chi connectivity index (χ3v) is 4.81. The number of aromatic nitrogens is 4. The third kappa shape index (κ3) is 3.20. The van der Waals surface area contributed by atoms with Gasteiger partial charge in [-0.05, 0) is 44.7 Å². The fourth-order valence-corrected chi connectivity index (χ4v) is 3.35. The molecule has 8 nitrogen and oxygen atoms in total. The standard InChI is InChI=1S/C18H21N5O3/c1-11-20-18(26-22-11)16(13-5-7-25-8-6-13)21-17(24)14-3-4-15-9-19-12(2)23(15)10-14/h3-4,9-10,13,16H,5-8H2,1-2H3,(H,21,24). The number of rotatable bonds is 4. The number of imidazole rings is 1. The number of hydrogen-bond acceptors (Lipinski definition) is 6. The van der Waals surface area contributed by atoms with Crippen molar-refractivity contribution < 1.29 is 14.1 Å². The number of aryl methyl sites for hydroxylation is 2. The maximum atomic E-state index is 12.9. The molecule has 26 heavy (non-hydrogen) atoms. The average Bonchev–Trinajstić information content (AvgIpc) is 3.26. The second-order valence-corrected chi connectivity index (χ2v) is 6.60. The second-order valence-electron chi connectivity index (χ2n) is 6.60. The molecule has 1 aliphatic rings. The molecule has 1 unspecified atom stereocenters. The summed E-state index contributed by atoms with van der Waals surface area (Å²) in [5.41, 5.74) is 1.51. The summed E-state index contributed by atoms with van der Waals surface area (Å²) in [4.78, 5) is 21.5. The van der Waals surface area contributed by atoms with E-state index >= 15 is 0 Å². The van der Waals surface area contributed by atoms with E-state index in [2.05, 4.69) is 20.4 Å². The fraction of sp³-hybridized carbons (Fsp3) is 0.444. The Hall–Kier alpha value is -2.74. The van der Waals surface area contributed by atoms with Crippen LogP contribution in [-0.2, 0) is 4.74 Å². The number of ether oxygens (including phenoxy) is 1. The van der Waals surface area contributed by atoms with Crippen molar-refractivity contribution in [3.8, 4) is 0 Å². The van der Waals surface area contributed by atoms with Crippen molar-refractivity contribution >= 4 is 11.4 Å². The Morgan fingerprint density at radius 3 is 2.85 bits per heavy atom. The lowest BCUT2D eigenvalue weighted by molar-refractivity contribution is 0.0467. The summed E-state index contributed by atoms with van der Waals surface area (Å²) in [6, 6.07) is 3.35. The molecular weight excluding hydrogens is 334 g/mol. The Morgan fingerprint density at radius 1 is 1.31 bits per heavy atom. The van der Waals surface area contributed by atoms with Gasteiger partial charge in [-0.15, -0.1) is 0 Å². The fourth-order valence-electron chi connectivity index (χ4n) is 3.35. The molecule has 0 aliphatic carbocycles. The largest absolute Gasteiger partial charge is 0.381 e. The first-order valence-electron chi connectivity index (χ1n) is 8.74. The Bertz CT molecular complexity index is 926. The summed E-state index contributed by atoms with van der Waals surface area (Å²) >= 11 is 0. The summed E-state index contributed by atoms with van der Waals surface area (Å²) < 4.78 is 12.7. The van der Waals surface area contributed by atoms with Gasteiger partial charge in [0.2, 0.25) is 5.89 Å². The van der Waals surface area contributed by atoms with Gasteiger partial charge >= 0.3 is 0 Å². The Morgan fingerprint density at radius 2 is 2.12 bits per heavy atom. The lowest BCUT2D eigenvalue weighted by atomic mass is 9.91. The lowest BCUT2D eigenvalue weighted by Gasteiger charge is -2.28. The normalized spacial score (nSPS) is 16.7. The highest BCUT2D eigenvalue weighted by Gasteiger charge is 2.31. The van der Waals surface area contributed by atoms with E-state index in [1.54, 1.807) is 25.4 Å². The molecule has 1 amide bonds. The molecule has 0 saturated carbocycles. The van der Waals surface area contributed by atoms with Crippen LogP contribution in [0.1, 0.15) is 46.8 Å². The smallest absolute Gasteiger partial charge is 0.253 e. The predicted molar refractivity (Wildman–Crippen MR) is 92.7 cm³/mol. The molecule has 1 saturated heterocycles. The van der Waals surface area contributed by atoms with Crippen LogP contribution in [0.3, 0.4) is 0 Å². The van der Waals surface area contributed by atoms with Gasteiger partial charge in [-0.3, -0.25) is 4.79 Å². The van der Waals surface area contributed by atoms with Crippen molar-refractivity contribution in [1.82, 2.24) is 24.8 Å². The molecule has 8 heteroatoms. The van der Waals surface area contributed by atoms with Crippen LogP contribution >= 0.6 is 0 Å². The highest BCUT2D eigenvalue weighted by atomic mass is 16.5. The van der Waals surface area contributed by atoms with Crippen LogP contribution in [0, 0.1) is 19.8 Å². The minimum absolute atomic E-state index is 0.174. The highest BCUT2D eigenvalue weighted by molar-refractivity contribution is 5.94. The van der Waals surface area contributed by atoms with Crippen LogP contribution < -0.4 is 5.32 Å². The van der Waals surface area contributed by atoms with Crippen molar-refractivity contribution in [1.29, 1.82) is 0 Å². The first kappa shape index (κ1) is 16.7. The van der Waals surface area contributed by atoms with E-state index in [0.29, 0.717) is 30.5 Å². The lowest BCUT2D eigenvalue weighted by Crippen LogP contribution is -2.36. The molecule has 1 aliphatic heterocycles. The van der Waals surface area contributed by atoms with Crippen molar-refractivity contribution in [3.05, 3.63) is 47.6 Å². The topological polar surface area (TPSA) is 94.6 Å². The SMILES string of the molecule is Cc1noc(C(NC(=O)c2ccc3cnc(C)n3c2)C2CCOCC2)n1. The molecule has 3 aromatic heterocycles. The van der Waals surface area contributed by atoms with E-state index in [9.17, 15) is 4.79 Å². The third-order valence-electron chi connectivity index (χ3n) is 4.81. The monoisotopic (exact) mass is 355 g/mol. The van der Waals surface area contributed by atoms with Gasteiger partial charge in [0.05, 0.1) is 17.3 Å². The average molecular weight is 355 g/mol. The number of fused-ring (bicyclic) bond motifs is 1. The van der Waals surface area contributed by atoms with Crippen LogP contribution in [0.15, 0.2) is 29.0 Å². The minimum atomic E-state index is -0.327. The number of pyridine rings is 1. The van der Waals surface area contributed by atoms with Gasteiger partial charge in [0.25, 0.3) is 5.91 Å². The van der Waals surface area contributed by atoms with E-state index in [0.717, 1.165) is 24.2 Å². The van der Waals surface area contributed by atoms with E-state index in [-0.39, 0.29) is 17.9 Å². The molecule has 0 bridgehead atoms. The van der Waals surface area contributed by atoms with E-state index in [1.807, 2.05) is 17.4 Å². The van der Waals surface area contributed by atoms with Gasteiger partial charge in [0.1, 0.15) is 11.9 Å². The minimum Gasteiger partial charge on any atom is -0.381 e. The van der Waals surface area contributed by atoms with Crippen LogP contribution in [0.25, 0.3) is 5.52 Å². The molecule has 1 N–H and O–H groups in total. The zero-order valence-electron chi connectivity index (χ0n) is 14.8. The quantitative estimate of drug-likeness (QED) is 0.771. The van der Waals surface area contributed by atoms with Crippen LogP contribution in [0.4, 0.5) is 0 Å². The van der Waals surface area contributed by atoms with Gasteiger partial charge in [-0.2, -0.15) is 4.98 Å². The molecule has 1 atom stereocenters. The van der Waals surface area contributed by atoms with Gasteiger partial charge in [-0.25, -0.2) is 4.98 Å². The Kier molecular flexibility index (Phi) is 4.42. The van der Waals surface area contributed by atoms with Crippen molar-refractivity contribution in [2.24, 2.45) is 5.92 Å². The van der Waals surface area contributed by atoms with Crippen molar-refractivity contribution in [2.75, 3.05) is 13.2 Å². The molecule has 1 fully saturated rings. The van der Waals surface area contributed by atoms with Crippen LogP contribution in [-0.4, -0.2) is 38.6 Å². The predicted octanol–water partition coefficient (Wildman–Crippen LogP) is 2.23. The van der Waals surface area contributed by atoms with Crippen LogP contribution in [0.2, 0.25) is 0 Å². The molecule has 136 valence electrons. The number of nitrogens with one attached hydrogen (secondary N) is 1. The first-order chi connectivity index (χ1) is 12.6. The maximum Gasteiger partial charge on any atom is 0.253 e. The number of nitrogens with zero attached hydrogens (tertiary/aromatic N) is 4. The second kappa shape index (κ2) is 6.87. The first-order valence-corrected chi connectivity index (χ1v) is 8.74. The van der Waals surface area contributed by atoms with E-state index in [1.165, 1.54) is 0 Å². The van der Waals surface area contributed by atoms with Crippen LogP contribution in [0.5, 0.6) is 0 Å². The highest BCUT2D eigenvalue weighted by Crippen LogP contribution is 2.29. The maximum absolute atomic E-state index is 12.9.